The van der Waals surface area contributed by atoms with Crippen molar-refractivity contribution >= 4 is 11.9 Å². The van der Waals surface area contributed by atoms with Gasteiger partial charge in [0.15, 0.2) is 6.54 Å². The van der Waals surface area contributed by atoms with Crippen LogP contribution in [0.2, 0.25) is 0 Å². The number of amides is 3. The van der Waals surface area contributed by atoms with Gasteiger partial charge in [0.25, 0.3) is 5.91 Å². The van der Waals surface area contributed by atoms with Gasteiger partial charge in [-0.3, -0.25) is 10.1 Å². The van der Waals surface area contributed by atoms with Crippen molar-refractivity contribution in [3.8, 4) is 0 Å². The highest BCUT2D eigenvalue weighted by atomic mass is 16.5. The van der Waals surface area contributed by atoms with Crippen LogP contribution in [-0.2, 0) is 9.53 Å². The predicted molar refractivity (Wildman–Crippen MR) is 65.3 cm³/mol. The lowest BCUT2D eigenvalue weighted by molar-refractivity contribution is -0.907. The summed E-state index contributed by atoms with van der Waals surface area (Å²) in [5, 5.41) is 5.11. The monoisotopic (exact) mass is 256 g/mol. The largest absolute Gasteiger partial charge is 0.364 e. The Labute approximate surface area is 107 Å². The highest BCUT2D eigenvalue weighted by Crippen LogP contribution is 2.18. The van der Waals surface area contributed by atoms with E-state index < -0.39 is 0 Å². The van der Waals surface area contributed by atoms with Crippen molar-refractivity contribution in [2.24, 2.45) is 0 Å². The molecule has 2 atom stereocenters. The summed E-state index contributed by atoms with van der Waals surface area (Å²) in [6.45, 7) is 5.96. The number of hydrogen-bond acceptors (Lipinski definition) is 3. The van der Waals surface area contributed by atoms with Gasteiger partial charge in [0, 0.05) is 6.04 Å². The molecule has 0 aromatic rings. The van der Waals surface area contributed by atoms with Gasteiger partial charge >= 0.3 is 6.03 Å². The van der Waals surface area contributed by atoms with E-state index in [9.17, 15) is 9.59 Å². The number of carbonyl (C=O) groups is 2. The molecule has 0 unspecified atom stereocenters. The van der Waals surface area contributed by atoms with Crippen molar-refractivity contribution in [1.29, 1.82) is 0 Å². The molecule has 0 aromatic carbocycles. The normalized spacial score (nSPS) is 31.8. The highest BCUT2D eigenvalue weighted by molar-refractivity contribution is 5.94. The fraction of sp³-hybridized carbons (Fsp3) is 0.833. The van der Waals surface area contributed by atoms with Crippen molar-refractivity contribution < 1.29 is 19.2 Å². The van der Waals surface area contributed by atoms with Crippen LogP contribution in [0.5, 0.6) is 0 Å². The Morgan fingerprint density at radius 3 is 2.39 bits per heavy atom. The zero-order valence-electron chi connectivity index (χ0n) is 11.0. The van der Waals surface area contributed by atoms with E-state index in [2.05, 4.69) is 10.6 Å². The van der Waals surface area contributed by atoms with E-state index in [0.29, 0.717) is 6.54 Å². The molecular formula is C12H22N3O3+. The molecule has 0 aromatic heterocycles. The molecule has 2 fully saturated rings. The zero-order valence-corrected chi connectivity index (χ0v) is 11.0. The van der Waals surface area contributed by atoms with Crippen molar-refractivity contribution in [2.45, 2.75) is 44.9 Å². The number of quaternary nitrogens is 1. The minimum atomic E-state index is -0.365. The van der Waals surface area contributed by atoms with Gasteiger partial charge in [-0.2, -0.15) is 0 Å². The average molecular weight is 256 g/mol. The quantitative estimate of drug-likeness (QED) is 0.586. The summed E-state index contributed by atoms with van der Waals surface area (Å²) in [7, 11) is 0. The second-order valence-corrected chi connectivity index (χ2v) is 5.39. The summed E-state index contributed by atoms with van der Waals surface area (Å²) in [6, 6.07) is -0.0927. The van der Waals surface area contributed by atoms with Gasteiger partial charge in [-0.15, -0.1) is 0 Å². The lowest BCUT2D eigenvalue weighted by Crippen LogP contribution is -3.16. The first-order valence-corrected chi connectivity index (χ1v) is 6.62. The minimum Gasteiger partial charge on any atom is -0.364 e. The van der Waals surface area contributed by atoms with Crippen molar-refractivity contribution in [3.05, 3.63) is 0 Å². The van der Waals surface area contributed by atoms with E-state index >= 15 is 0 Å². The van der Waals surface area contributed by atoms with Crippen LogP contribution < -0.4 is 15.5 Å². The Hall–Kier alpha value is -1.14. The van der Waals surface area contributed by atoms with Gasteiger partial charge in [0.05, 0.1) is 0 Å². The molecule has 2 rings (SSSR count). The Morgan fingerprint density at radius 1 is 1.22 bits per heavy atom. The smallest absolute Gasteiger partial charge is 0.321 e. The molecule has 1 aliphatic heterocycles. The van der Waals surface area contributed by atoms with Gasteiger partial charge in [0.2, 0.25) is 0 Å². The molecule has 0 bridgehead atoms. The van der Waals surface area contributed by atoms with Crippen LogP contribution >= 0.6 is 0 Å². The lowest BCUT2D eigenvalue weighted by Gasteiger charge is -2.31. The van der Waals surface area contributed by atoms with E-state index in [1.807, 2.05) is 13.8 Å². The van der Waals surface area contributed by atoms with Crippen LogP contribution in [0.1, 0.15) is 26.7 Å². The van der Waals surface area contributed by atoms with Crippen LogP contribution in [0.15, 0.2) is 0 Å². The fourth-order valence-corrected chi connectivity index (χ4v) is 2.38. The van der Waals surface area contributed by atoms with Gasteiger partial charge in [-0.05, 0) is 26.7 Å². The lowest BCUT2D eigenvalue weighted by atomic mass is 10.2. The molecular weight excluding hydrogens is 234 g/mol. The summed E-state index contributed by atoms with van der Waals surface area (Å²) >= 11 is 0. The molecule has 1 saturated heterocycles. The van der Waals surface area contributed by atoms with E-state index in [1.165, 1.54) is 0 Å². The van der Waals surface area contributed by atoms with Crippen LogP contribution in [0.4, 0.5) is 4.79 Å². The van der Waals surface area contributed by atoms with Gasteiger partial charge in [-0.25, -0.2) is 4.79 Å². The molecule has 18 heavy (non-hydrogen) atoms. The van der Waals surface area contributed by atoms with E-state index in [-0.39, 0.29) is 30.2 Å². The summed E-state index contributed by atoms with van der Waals surface area (Å²) in [5.74, 6) is -0.218. The Morgan fingerprint density at radius 2 is 1.83 bits per heavy atom. The molecule has 102 valence electrons. The molecule has 3 N–H and O–H groups in total. The number of morpholine rings is 1. The van der Waals surface area contributed by atoms with Gasteiger partial charge < -0.3 is 15.0 Å². The molecule has 2 aliphatic rings. The highest BCUT2D eigenvalue weighted by Gasteiger charge is 2.28. The van der Waals surface area contributed by atoms with Crippen molar-refractivity contribution in [2.75, 3.05) is 19.6 Å². The second kappa shape index (κ2) is 5.67. The Bertz CT molecular complexity index is 321. The maximum Gasteiger partial charge on any atom is 0.321 e. The first-order valence-electron chi connectivity index (χ1n) is 6.62. The first-order chi connectivity index (χ1) is 8.52. The number of urea groups is 1. The molecule has 1 heterocycles. The third-order valence-electron chi connectivity index (χ3n) is 3.19. The minimum absolute atomic E-state index is 0.164. The molecule has 6 nitrogen and oxygen atoms in total. The standard InChI is InChI=1S/C12H21N3O3/c1-8-5-15(6-9(2)18-8)7-11(16)14-12(17)13-10-3-4-10/h8-10H,3-7H2,1-2H3,(H2,13,14,16,17)/p+1/t8-,9-/m1/s1. The number of carbonyl (C=O) groups excluding carboxylic acids is 2. The van der Waals surface area contributed by atoms with Crippen LogP contribution in [0.3, 0.4) is 0 Å². The summed E-state index contributed by atoms with van der Waals surface area (Å²) < 4.78 is 5.61. The second-order valence-electron chi connectivity index (χ2n) is 5.39. The topological polar surface area (TPSA) is 71.9 Å². The number of hydrogen-bond donors (Lipinski definition) is 3. The third-order valence-corrected chi connectivity index (χ3v) is 3.19. The summed E-state index contributed by atoms with van der Waals surface area (Å²) in [4.78, 5) is 24.3. The van der Waals surface area contributed by atoms with Crippen molar-refractivity contribution in [3.63, 3.8) is 0 Å². The maximum atomic E-state index is 11.7. The number of rotatable bonds is 3. The summed E-state index contributed by atoms with van der Waals surface area (Å²) in [6.07, 6.45) is 2.37. The molecule has 0 radical (unpaired) electrons. The van der Waals surface area contributed by atoms with E-state index in [0.717, 1.165) is 30.8 Å². The van der Waals surface area contributed by atoms with Gasteiger partial charge in [0.1, 0.15) is 25.3 Å². The third kappa shape index (κ3) is 4.27. The molecule has 6 heteroatoms. The number of imide groups is 1. The van der Waals surface area contributed by atoms with Gasteiger partial charge in [-0.1, -0.05) is 0 Å². The van der Waals surface area contributed by atoms with E-state index in [4.69, 9.17) is 4.74 Å². The molecule has 1 saturated carbocycles. The molecule has 1 aliphatic carbocycles. The number of ether oxygens (including phenoxy) is 1. The zero-order chi connectivity index (χ0) is 13.1. The average Bonchev–Trinajstić information content (AvgIpc) is 2.98. The molecule has 3 amide bonds. The predicted octanol–water partition coefficient (Wildman–Crippen LogP) is -1.33. The summed E-state index contributed by atoms with van der Waals surface area (Å²) in [5.41, 5.74) is 0. The maximum absolute atomic E-state index is 11.7. The van der Waals surface area contributed by atoms with Crippen LogP contribution in [0, 0.1) is 0 Å². The fourth-order valence-electron chi connectivity index (χ4n) is 2.38. The van der Waals surface area contributed by atoms with Crippen LogP contribution in [-0.4, -0.2) is 49.8 Å². The molecule has 0 spiro atoms. The Balaban J connectivity index is 1.70. The Kier molecular flexibility index (Phi) is 4.19. The number of nitrogens with one attached hydrogen (secondary N) is 3. The van der Waals surface area contributed by atoms with E-state index in [1.54, 1.807) is 0 Å². The first kappa shape index (κ1) is 13.3. The SMILES string of the molecule is C[C@@H]1C[NH+](CC(=O)NC(=O)NC2CC2)C[C@@H](C)O1. The van der Waals surface area contributed by atoms with Crippen molar-refractivity contribution in [1.82, 2.24) is 10.6 Å². The van der Waals surface area contributed by atoms with Crippen LogP contribution in [0.25, 0.3) is 0 Å².